The van der Waals surface area contributed by atoms with E-state index < -0.39 is 33.8 Å². The first-order valence-electron chi connectivity index (χ1n) is 3.97. The number of aliphatic carboxylic acids is 1. The standard InChI is InChI=1S/C9H5F2NO4/c10-7(8(11)9(13)14)5-3-1-2-4-6(5)12(15)16/h1-4H,(H,13,14). The summed E-state index contributed by atoms with van der Waals surface area (Å²) < 4.78 is 26.0. The quantitative estimate of drug-likeness (QED) is 0.489. The molecule has 0 radical (unpaired) electrons. The summed E-state index contributed by atoms with van der Waals surface area (Å²) in [6.07, 6.45) is 0. The molecule has 0 saturated carbocycles. The second kappa shape index (κ2) is 4.47. The molecule has 7 heteroatoms. The molecule has 0 atom stereocenters. The van der Waals surface area contributed by atoms with Crippen molar-refractivity contribution in [2.24, 2.45) is 0 Å². The number of nitro groups is 1. The highest BCUT2D eigenvalue weighted by atomic mass is 19.2. The fourth-order valence-corrected chi connectivity index (χ4v) is 1.03. The van der Waals surface area contributed by atoms with Crippen LogP contribution in [-0.4, -0.2) is 16.0 Å². The number of halogens is 2. The Morgan fingerprint density at radius 1 is 1.31 bits per heavy atom. The minimum atomic E-state index is -2.12. The number of carbonyl (C=O) groups is 1. The number of rotatable bonds is 3. The van der Waals surface area contributed by atoms with Crippen molar-refractivity contribution < 1.29 is 23.6 Å². The average molecular weight is 229 g/mol. The molecule has 0 unspecified atom stereocenters. The minimum Gasteiger partial charge on any atom is -0.476 e. The molecule has 1 rings (SSSR count). The number of carboxylic acid groups (broad SMARTS) is 1. The molecular weight excluding hydrogens is 224 g/mol. The van der Waals surface area contributed by atoms with Crippen LogP contribution in [0.1, 0.15) is 5.56 Å². The lowest BCUT2D eigenvalue weighted by Crippen LogP contribution is -1.99. The van der Waals surface area contributed by atoms with Crippen LogP contribution in [0.25, 0.3) is 5.83 Å². The fourth-order valence-electron chi connectivity index (χ4n) is 1.03. The van der Waals surface area contributed by atoms with E-state index in [0.717, 1.165) is 12.1 Å². The van der Waals surface area contributed by atoms with Gasteiger partial charge in [0.05, 0.1) is 10.5 Å². The van der Waals surface area contributed by atoms with Crippen molar-refractivity contribution in [2.75, 3.05) is 0 Å². The predicted octanol–water partition coefficient (Wildman–Crippen LogP) is 2.29. The van der Waals surface area contributed by atoms with Crippen LogP contribution in [0, 0.1) is 10.1 Å². The van der Waals surface area contributed by atoms with E-state index in [1.54, 1.807) is 0 Å². The highest BCUT2D eigenvalue weighted by Crippen LogP contribution is 2.29. The van der Waals surface area contributed by atoms with Gasteiger partial charge in [0.1, 0.15) is 0 Å². The molecule has 1 aromatic rings. The zero-order chi connectivity index (χ0) is 12.3. The zero-order valence-electron chi connectivity index (χ0n) is 7.68. The van der Waals surface area contributed by atoms with E-state index in [2.05, 4.69) is 0 Å². The molecule has 0 aromatic heterocycles. The maximum atomic E-state index is 13.2. The second-order valence-corrected chi connectivity index (χ2v) is 2.71. The van der Waals surface area contributed by atoms with E-state index >= 15 is 0 Å². The second-order valence-electron chi connectivity index (χ2n) is 2.71. The molecule has 1 aromatic carbocycles. The number of nitrogens with zero attached hydrogens (tertiary/aromatic N) is 1. The summed E-state index contributed by atoms with van der Waals surface area (Å²) in [7, 11) is 0. The number of benzene rings is 1. The molecule has 84 valence electrons. The van der Waals surface area contributed by atoms with Gasteiger partial charge in [-0.3, -0.25) is 10.1 Å². The molecule has 0 bridgehead atoms. The fraction of sp³-hybridized carbons (Fsp3) is 0. The van der Waals surface area contributed by atoms with Crippen molar-refractivity contribution in [3.8, 4) is 0 Å². The van der Waals surface area contributed by atoms with Gasteiger partial charge >= 0.3 is 5.97 Å². The molecule has 0 aliphatic carbocycles. The van der Waals surface area contributed by atoms with Gasteiger partial charge in [-0.25, -0.2) is 9.18 Å². The van der Waals surface area contributed by atoms with E-state index in [1.807, 2.05) is 0 Å². The molecule has 0 saturated heterocycles. The smallest absolute Gasteiger partial charge is 0.367 e. The van der Waals surface area contributed by atoms with Gasteiger partial charge in [-0.05, 0) is 6.07 Å². The Kier molecular flexibility index (Phi) is 3.29. The maximum absolute atomic E-state index is 13.2. The lowest BCUT2D eigenvalue weighted by atomic mass is 10.1. The Bertz CT molecular complexity index is 484. The number of hydrogen-bond acceptors (Lipinski definition) is 3. The van der Waals surface area contributed by atoms with Gasteiger partial charge in [-0.2, -0.15) is 4.39 Å². The van der Waals surface area contributed by atoms with Gasteiger partial charge in [0, 0.05) is 6.07 Å². The third kappa shape index (κ3) is 2.19. The number of nitro benzene ring substituents is 1. The summed E-state index contributed by atoms with van der Waals surface area (Å²) in [5, 5.41) is 18.7. The van der Waals surface area contributed by atoms with Crippen molar-refractivity contribution in [1.29, 1.82) is 0 Å². The van der Waals surface area contributed by atoms with Crippen molar-refractivity contribution in [3.05, 3.63) is 45.8 Å². The van der Waals surface area contributed by atoms with Crippen molar-refractivity contribution in [3.63, 3.8) is 0 Å². The van der Waals surface area contributed by atoms with Crippen LogP contribution < -0.4 is 0 Å². The molecule has 5 nitrogen and oxygen atoms in total. The first kappa shape index (κ1) is 11.8. The van der Waals surface area contributed by atoms with Crippen LogP contribution in [0.2, 0.25) is 0 Å². The van der Waals surface area contributed by atoms with E-state index in [1.165, 1.54) is 12.1 Å². The average Bonchev–Trinajstić information content (AvgIpc) is 2.26. The van der Waals surface area contributed by atoms with Gasteiger partial charge in [-0.1, -0.05) is 12.1 Å². The van der Waals surface area contributed by atoms with Gasteiger partial charge < -0.3 is 5.11 Å². The summed E-state index contributed by atoms with van der Waals surface area (Å²) in [5.41, 5.74) is -1.40. The number of carboxylic acids is 1. The topological polar surface area (TPSA) is 80.4 Å². The monoisotopic (exact) mass is 229 g/mol. The Balaban J connectivity index is 3.39. The Hall–Kier alpha value is -2.31. The van der Waals surface area contributed by atoms with Crippen LogP contribution in [-0.2, 0) is 4.79 Å². The zero-order valence-corrected chi connectivity index (χ0v) is 7.68. The van der Waals surface area contributed by atoms with Gasteiger partial charge in [-0.15, -0.1) is 0 Å². The first-order valence-corrected chi connectivity index (χ1v) is 3.97. The first-order chi connectivity index (χ1) is 7.45. The van der Waals surface area contributed by atoms with Crippen LogP contribution in [0.4, 0.5) is 14.5 Å². The largest absolute Gasteiger partial charge is 0.476 e. The van der Waals surface area contributed by atoms with E-state index in [9.17, 15) is 23.7 Å². The molecule has 0 aliphatic heterocycles. The van der Waals surface area contributed by atoms with E-state index in [4.69, 9.17) is 5.11 Å². The van der Waals surface area contributed by atoms with Crippen molar-refractivity contribution >= 4 is 17.5 Å². The number of hydrogen-bond donors (Lipinski definition) is 1. The van der Waals surface area contributed by atoms with Crippen LogP contribution in [0.3, 0.4) is 0 Å². The van der Waals surface area contributed by atoms with Crippen LogP contribution in [0.15, 0.2) is 30.1 Å². The van der Waals surface area contributed by atoms with Gasteiger partial charge in [0.2, 0.25) is 5.83 Å². The molecule has 0 aliphatic rings. The molecule has 0 heterocycles. The molecule has 0 fully saturated rings. The normalized spacial score (nSPS) is 11.9. The lowest BCUT2D eigenvalue weighted by molar-refractivity contribution is -0.385. The highest BCUT2D eigenvalue weighted by molar-refractivity contribution is 5.93. The van der Waals surface area contributed by atoms with E-state index in [-0.39, 0.29) is 0 Å². The third-order valence-corrected chi connectivity index (χ3v) is 1.72. The van der Waals surface area contributed by atoms with Crippen LogP contribution >= 0.6 is 0 Å². The minimum absolute atomic E-state index is 0.698. The van der Waals surface area contributed by atoms with E-state index in [0.29, 0.717) is 0 Å². The molecule has 1 N–H and O–H groups in total. The Labute approximate surface area is 87.8 Å². The lowest BCUT2D eigenvalue weighted by Gasteiger charge is -1.99. The molecule has 16 heavy (non-hydrogen) atoms. The molecule has 0 amide bonds. The summed E-state index contributed by atoms with van der Waals surface area (Å²) in [4.78, 5) is 19.7. The van der Waals surface area contributed by atoms with Gasteiger partial charge in [0.25, 0.3) is 5.69 Å². The van der Waals surface area contributed by atoms with Gasteiger partial charge in [0.15, 0.2) is 5.83 Å². The molecular formula is C9H5F2NO4. The summed E-state index contributed by atoms with van der Waals surface area (Å²) in [6.45, 7) is 0. The summed E-state index contributed by atoms with van der Waals surface area (Å²) >= 11 is 0. The highest BCUT2D eigenvalue weighted by Gasteiger charge is 2.23. The third-order valence-electron chi connectivity index (χ3n) is 1.72. The number of para-hydroxylation sites is 1. The summed E-state index contributed by atoms with van der Waals surface area (Å²) in [6, 6.07) is 4.37. The van der Waals surface area contributed by atoms with Crippen molar-refractivity contribution in [1.82, 2.24) is 0 Å². The predicted molar refractivity (Wildman–Crippen MR) is 49.9 cm³/mol. The Morgan fingerprint density at radius 3 is 2.38 bits per heavy atom. The van der Waals surface area contributed by atoms with Crippen LogP contribution in [0.5, 0.6) is 0 Å². The Morgan fingerprint density at radius 2 is 1.88 bits per heavy atom. The maximum Gasteiger partial charge on any atom is 0.367 e. The SMILES string of the molecule is O=C(O)C(F)=C(F)c1ccccc1[N+](=O)[O-]. The van der Waals surface area contributed by atoms with Crippen molar-refractivity contribution in [2.45, 2.75) is 0 Å². The molecule has 0 spiro atoms. The summed E-state index contributed by atoms with van der Waals surface area (Å²) in [5.74, 6) is -5.94.